The SMILES string of the molecule is O=C(Nc1c[nH]c2ccc(OCCC3C[C@@H]4CN(CC(F)(F)F)C[C@@H]4C3)cc12)C12CC(C1)C2. The fraction of sp³-hybridized carbons (Fsp3) is 0.640. The van der Waals surface area contributed by atoms with Crippen LogP contribution in [0.15, 0.2) is 24.4 Å². The van der Waals surface area contributed by atoms with Crippen molar-refractivity contribution < 1.29 is 22.7 Å². The van der Waals surface area contributed by atoms with Crippen LogP contribution in [-0.2, 0) is 4.79 Å². The molecule has 33 heavy (non-hydrogen) atoms. The predicted octanol–water partition coefficient (Wildman–Crippen LogP) is 5.20. The number of rotatable bonds is 7. The number of H-pyrrole nitrogens is 1. The summed E-state index contributed by atoms with van der Waals surface area (Å²) in [6.45, 7) is 0.960. The van der Waals surface area contributed by atoms with Crippen molar-refractivity contribution in [2.45, 2.75) is 44.7 Å². The molecule has 1 amide bonds. The van der Waals surface area contributed by atoms with Crippen LogP contribution in [0.5, 0.6) is 5.75 Å². The van der Waals surface area contributed by atoms with Crippen LogP contribution in [0.25, 0.3) is 10.9 Å². The molecule has 1 saturated heterocycles. The zero-order valence-corrected chi connectivity index (χ0v) is 18.6. The molecule has 2 aromatic rings. The lowest BCUT2D eigenvalue weighted by Gasteiger charge is -2.60. The van der Waals surface area contributed by atoms with Gasteiger partial charge in [0.15, 0.2) is 0 Å². The highest BCUT2D eigenvalue weighted by molar-refractivity contribution is 6.04. The van der Waals surface area contributed by atoms with E-state index < -0.39 is 12.7 Å². The Morgan fingerprint density at radius 3 is 2.55 bits per heavy atom. The van der Waals surface area contributed by atoms with Crippen molar-refractivity contribution in [3.63, 3.8) is 0 Å². The summed E-state index contributed by atoms with van der Waals surface area (Å²) in [5.74, 6) is 2.97. The number of carbonyl (C=O) groups is 1. The lowest BCUT2D eigenvalue weighted by Crippen LogP contribution is -2.58. The first kappa shape index (κ1) is 21.3. The van der Waals surface area contributed by atoms with Crippen molar-refractivity contribution in [2.75, 3.05) is 31.6 Å². The third-order valence-electron chi connectivity index (χ3n) is 8.54. The van der Waals surface area contributed by atoms with Crippen molar-refractivity contribution in [1.82, 2.24) is 9.88 Å². The lowest BCUT2D eigenvalue weighted by atomic mass is 9.44. The van der Waals surface area contributed by atoms with E-state index in [0.29, 0.717) is 37.5 Å². The zero-order chi connectivity index (χ0) is 22.8. The minimum atomic E-state index is -4.10. The fourth-order valence-electron chi connectivity index (χ4n) is 6.79. The maximum Gasteiger partial charge on any atom is 0.401 e. The molecule has 4 saturated carbocycles. The molecule has 1 aromatic heterocycles. The zero-order valence-electron chi connectivity index (χ0n) is 18.6. The first-order chi connectivity index (χ1) is 15.8. The molecule has 178 valence electrons. The Balaban J connectivity index is 1.00. The van der Waals surface area contributed by atoms with E-state index in [0.717, 1.165) is 66.8 Å². The summed E-state index contributed by atoms with van der Waals surface area (Å²) in [6, 6.07) is 5.88. The van der Waals surface area contributed by atoms with E-state index in [-0.39, 0.29) is 11.3 Å². The highest BCUT2D eigenvalue weighted by Crippen LogP contribution is 2.64. The molecule has 0 spiro atoms. The lowest BCUT2D eigenvalue weighted by molar-refractivity contribution is -0.158. The molecule has 3 atom stereocenters. The molecule has 5 aliphatic rings. The van der Waals surface area contributed by atoms with Crippen LogP contribution in [0.4, 0.5) is 18.9 Å². The second-order valence-electron chi connectivity index (χ2n) is 10.9. The van der Waals surface area contributed by atoms with Crippen LogP contribution in [-0.4, -0.2) is 48.2 Å². The maximum absolute atomic E-state index is 12.7. The molecular weight excluding hydrogens is 431 g/mol. The normalized spacial score (nSPS) is 32.9. The van der Waals surface area contributed by atoms with Gasteiger partial charge in [0.1, 0.15) is 5.75 Å². The summed E-state index contributed by atoms with van der Waals surface area (Å²) >= 11 is 0. The first-order valence-electron chi connectivity index (χ1n) is 12.1. The van der Waals surface area contributed by atoms with Gasteiger partial charge in [0.05, 0.1) is 24.3 Å². The second-order valence-corrected chi connectivity index (χ2v) is 10.9. The van der Waals surface area contributed by atoms with Gasteiger partial charge < -0.3 is 15.0 Å². The van der Waals surface area contributed by atoms with E-state index >= 15 is 0 Å². The number of aromatic nitrogens is 1. The number of nitrogens with zero attached hydrogens (tertiary/aromatic N) is 1. The number of ether oxygens (including phenoxy) is 1. The molecule has 2 N–H and O–H groups in total. The van der Waals surface area contributed by atoms with Crippen LogP contribution >= 0.6 is 0 Å². The van der Waals surface area contributed by atoms with E-state index in [2.05, 4.69) is 10.3 Å². The Bertz CT molecular complexity index is 1030. The quantitative estimate of drug-likeness (QED) is 0.596. The van der Waals surface area contributed by atoms with Crippen LogP contribution in [0.3, 0.4) is 0 Å². The van der Waals surface area contributed by atoms with E-state index in [1.165, 1.54) is 0 Å². The number of anilines is 1. The van der Waals surface area contributed by atoms with Gasteiger partial charge in [-0.05, 0) is 80.4 Å². The van der Waals surface area contributed by atoms with Gasteiger partial charge in [-0.3, -0.25) is 9.69 Å². The van der Waals surface area contributed by atoms with Crippen LogP contribution < -0.4 is 10.1 Å². The maximum atomic E-state index is 12.7. The van der Waals surface area contributed by atoms with Gasteiger partial charge in [-0.15, -0.1) is 0 Å². The summed E-state index contributed by atoms with van der Waals surface area (Å²) in [5, 5.41) is 4.06. The standard InChI is InChI=1S/C25H30F3N3O2/c26-25(27,28)14-31-12-17-5-15(6-18(17)13-31)3-4-33-19-1-2-21-20(7-19)22(11-29-21)30-23(32)24-8-16(9-24)10-24/h1-2,7,11,15-18,29H,3-6,8-10,12-14H2,(H,30,32)/t15?,16?,17-,18+,24?. The smallest absolute Gasteiger partial charge is 0.401 e. The molecule has 2 bridgehead atoms. The van der Waals surface area contributed by atoms with Gasteiger partial charge in [-0.1, -0.05) is 0 Å². The average molecular weight is 462 g/mol. The fourth-order valence-corrected chi connectivity index (χ4v) is 6.79. The molecule has 1 unspecified atom stereocenters. The number of alkyl halides is 3. The monoisotopic (exact) mass is 461 g/mol. The van der Waals surface area contributed by atoms with Gasteiger partial charge in [0.2, 0.25) is 5.91 Å². The minimum absolute atomic E-state index is 0.119. The highest BCUT2D eigenvalue weighted by atomic mass is 19.4. The van der Waals surface area contributed by atoms with Crippen molar-refractivity contribution >= 4 is 22.5 Å². The number of hydrogen-bond acceptors (Lipinski definition) is 3. The number of nitrogens with one attached hydrogen (secondary N) is 2. The van der Waals surface area contributed by atoms with E-state index in [1.54, 1.807) is 4.90 Å². The molecular formula is C25H30F3N3O2. The Labute approximate surface area is 191 Å². The van der Waals surface area contributed by atoms with Crippen LogP contribution in [0.2, 0.25) is 0 Å². The largest absolute Gasteiger partial charge is 0.494 e. The van der Waals surface area contributed by atoms with Gasteiger partial charge >= 0.3 is 6.18 Å². The highest BCUT2D eigenvalue weighted by Gasteiger charge is 2.61. The second kappa shape index (κ2) is 7.65. The van der Waals surface area contributed by atoms with Crippen molar-refractivity contribution in [3.05, 3.63) is 24.4 Å². The summed E-state index contributed by atoms with van der Waals surface area (Å²) in [4.78, 5) is 17.4. The third kappa shape index (κ3) is 4.00. The number of carbonyl (C=O) groups excluding carboxylic acids is 1. The number of amides is 1. The van der Waals surface area contributed by atoms with E-state index in [1.807, 2.05) is 24.4 Å². The van der Waals surface area contributed by atoms with Crippen molar-refractivity contribution in [1.29, 1.82) is 0 Å². The number of fused-ring (bicyclic) bond motifs is 2. The van der Waals surface area contributed by atoms with Crippen molar-refractivity contribution in [3.8, 4) is 5.75 Å². The first-order valence-corrected chi connectivity index (χ1v) is 12.1. The Morgan fingerprint density at radius 2 is 1.91 bits per heavy atom. The molecule has 7 rings (SSSR count). The summed E-state index contributed by atoms with van der Waals surface area (Å²) in [6.07, 6.45) is 3.74. The van der Waals surface area contributed by atoms with Gasteiger partial charge in [-0.25, -0.2) is 0 Å². The van der Waals surface area contributed by atoms with E-state index in [9.17, 15) is 18.0 Å². The summed E-state index contributed by atoms with van der Waals surface area (Å²) in [5.41, 5.74) is 1.64. The molecule has 2 heterocycles. The molecule has 1 aliphatic heterocycles. The molecule has 4 aliphatic carbocycles. The van der Waals surface area contributed by atoms with Gasteiger partial charge in [0, 0.05) is 30.2 Å². The average Bonchev–Trinajstić information content (AvgIpc) is 3.31. The predicted molar refractivity (Wildman–Crippen MR) is 119 cm³/mol. The number of halogens is 3. The van der Waals surface area contributed by atoms with Gasteiger partial charge in [-0.2, -0.15) is 13.2 Å². The Morgan fingerprint density at radius 1 is 1.18 bits per heavy atom. The topological polar surface area (TPSA) is 57.4 Å². The van der Waals surface area contributed by atoms with Crippen LogP contribution in [0.1, 0.15) is 38.5 Å². The molecule has 8 heteroatoms. The molecule has 0 radical (unpaired) electrons. The number of likely N-dealkylation sites (tertiary alicyclic amines) is 1. The molecule has 5 fully saturated rings. The number of aromatic amines is 1. The number of hydrogen-bond donors (Lipinski definition) is 2. The Kier molecular flexibility index (Phi) is 4.94. The van der Waals surface area contributed by atoms with E-state index in [4.69, 9.17) is 4.74 Å². The summed E-state index contributed by atoms with van der Waals surface area (Å²) in [7, 11) is 0. The van der Waals surface area contributed by atoms with Crippen molar-refractivity contribution in [2.24, 2.45) is 29.1 Å². The minimum Gasteiger partial charge on any atom is -0.494 e. The Hall–Kier alpha value is -2.22. The summed E-state index contributed by atoms with van der Waals surface area (Å²) < 4.78 is 44.0. The number of benzene rings is 1. The van der Waals surface area contributed by atoms with Gasteiger partial charge in [0.25, 0.3) is 0 Å². The molecule has 1 aromatic carbocycles. The third-order valence-corrected chi connectivity index (χ3v) is 8.54. The van der Waals surface area contributed by atoms with Crippen LogP contribution in [0, 0.1) is 29.1 Å². The molecule has 5 nitrogen and oxygen atoms in total.